The zero-order valence-corrected chi connectivity index (χ0v) is 16.6. The summed E-state index contributed by atoms with van der Waals surface area (Å²) in [6.45, 7) is 2.25. The van der Waals surface area contributed by atoms with Crippen LogP contribution in [0.5, 0.6) is 0 Å². The summed E-state index contributed by atoms with van der Waals surface area (Å²) in [7, 11) is 0. The standard InChI is InChI=1S/C21H21F3N4O3/c22-21(23,24)15-6-7-18(25-14-15)26-9-3-10-27(13-12-26)19(29)8-11-28-16-4-1-2-5-17(16)31-20(28)30/h1-2,4-7,14H,3,8-13H2. The summed E-state index contributed by atoms with van der Waals surface area (Å²) >= 11 is 0. The number of rotatable bonds is 4. The number of anilines is 1. The summed E-state index contributed by atoms with van der Waals surface area (Å²) in [5.41, 5.74) is 0.343. The van der Waals surface area contributed by atoms with Crippen molar-refractivity contribution in [3.8, 4) is 0 Å². The first-order chi connectivity index (χ1) is 14.8. The van der Waals surface area contributed by atoms with Gasteiger partial charge in [0.1, 0.15) is 5.82 Å². The fraction of sp³-hybridized carbons (Fsp3) is 0.381. The van der Waals surface area contributed by atoms with Crippen LogP contribution in [0.1, 0.15) is 18.4 Å². The molecule has 1 fully saturated rings. The second kappa shape index (κ2) is 8.44. The average Bonchev–Trinajstić information content (AvgIpc) is 2.90. The van der Waals surface area contributed by atoms with Gasteiger partial charge in [-0.15, -0.1) is 0 Å². The number of aromatic nitrogens is 2. The van der Waals surface area contributed by atoms with Crippen LogP contribution in [-0.2, 0) is 17.5 Å². The molecular formula is C21H21F3N4O3. The van der Waals surface area contributed by atoms with E-state index >= 15 is 0 Å². The molecular weight excluding hydrogens is 413 g/mol. The number of oxazole rings is 1. The van der Waals surface area contributed by atoms with Crippen LogP contribution >= 0.6 is 0 Å². The second-order valence-electron chi connectivity index (χ2n) is 7.36. The number of hydrogen-bond acceptors (Lipinski definition) is 5. The van der Waals surface area contributed by atoms with Crippen molar-refractivity contribution >= 4 is 22.8 Å². The highest BCUT2D eigenvalue weighted by atomic mass is 19.4. The number of carbonyl (C=O) groups is 1. The largest absolute Gasteiger partial charge is 0.419 e. The zero-order valence-electron chi connectivity index (χ0n) is 16.6. The van der Waals surface area contributed by atoms with Gasteiger partial charge in [-0.1, -0.05) is 12.1 Å². The smallest absolute Gasteiger partial charge is 0.408 e. The van der Waals surface area contributed by atoms with Crippen LogP contribution in [-0.4, -0.2) is 46.5 Å². The van der Waals surface area contributed by atoms with Crippen molar-refractivity contribution in [1.29, 1.82) is 0 Å². The van der Waals surface area contributed by atoms with Crippen molar-refractivity contribution in [2.45, 2.75) is 25.6 Å². The molecule has 1 aromatic carbocycles. The molecule has 0 bridgehead atoms. The number of halogens is 3. The topological polar surface area (TPSA) is 71.6 Å². The minimum absolute atomic E-state index is 0.0839. The van der Waals surface area contributed by atoms with E-state index in [-0.39, 0.29) is 18.9 Å². The van der Waals surface area contributed by atoms with Crippen LogP contribution in [0.3, 0.4) is 0 Å². The van der Waals surface area contributed by atoms with E-state index in [1.807, 2.05) is 4.90 Å². The van der Waals surface area contributed by atoms with Gasteiger partial charge < -0.3 is 14.2 Å². The molecule has 0 N–H and O–H groups in total. The molecule has 3 heterocycles. The van der Waals surface area contributed by atoms with Crippen molar-refractivity contribution < 1.29 is 22.4 Å². The van der Waals surface area contributed by atoms with Crippen molar-refractivity contribution in [2.75, 3.05) is 31.1 Å². The molecule has 0 atom stereocenters. The van der Waals surface area contributed by atoms with Crippen molar-refractivity contribution in [3.63, 3.8) is 0 Å². The van der Waals surface area contributed by atoms with Gasteiger partial charge in [0.05, 0.1) is 11.1 Å². The molecule has 1 saturated heterocycles. The maximum absolute atomic E-state index is 12.7. The molecule has 164 valence electrons. The van der Waals surface area contributed by atoms with E-state index in [2.05, 4.69) is 4.98 Å². The molecule has 0 radical (unpaired) electrons. The molecule has 4 rings (SSSR count). The molecule has 3 aromatic rings. The molecule has 10 heteroatoms. The Hall–Kier alpha value is -3.30. The quantitative estimate of drug-likeness (QED) is 0.631. The Kier molecular flexibility index (Phi) is 5.71. The van der Waals surface area contributed by atoms with E-state index in [4.69, 9.17) is 4.42 Å². The Morgan fingerprint density at radius 3 is 2.61 bits per heavy atom. The van der Waals surface area contributed by atoms with Gasteiger partial charge in [0.2, 0.25) is 5.91 Å². The SMILES string of the molecule is O=C(CCn1c(=O)oc2ccccc21)N1CCCN(c2ccc(C(F)(F)F)cn2)CC1. The fourth-order valence-electron chi connectivity index (χ4n) is 3.73. The molecule has 1 aliphatic heterocycles. The van der Waals surface area contributed by atoms with Crippen LogP contribution in [0.25, 0.3) is 11.1 Å². The van der Waals surface area contributed by atoms with Crippen molar-refractivity contribution in [1.82, 2.24) is 14.5 Å². The van der Waals surface area contributed by atoms with Gasteiger partial charge in [0.25, 0.3) is 0 Å². The minimum Gasteiger partial charge on any atom is -0.408 e. The van der Waals surface area contributed by atoms with Crippen molar-refractivity contribution in [2.24, 2.45) is 0 Å². The number of benzene rings is 1. The van der Waals surface area contributed by atoms with Gasteiger partial charge in [0.15, 0.2) is 5.58 Å². The van der Waals surface area contributed by atoms with Crippen LogP contribution in [0.15, 0.2) is 51.8 Å². The monoisotopic (exact) mass is 434 g/mol. The summed E-state index contributed by atoms with van der Waals surface area (Å²) < 4.78 is 44.8. The Morgan fingerprint density at radius 1 is 1.06 bits per heavy atom. The molecule has 0 saturated carbocycles. The molecule has 7 nitrogen and oxygen atoms in total. The van der Waals surface area contributed by atoms with Gasteiger partial charge in [-0.3, -0.25) is 9.36 Å². The van der Waals surface area contributed by atoms with E-state index in [0.29, 0.717) is 49.5 Å². The molecule has 0 aliphatic carbocycles. The first-order valence-electron chi connectivity index (χ1n) is 9.97. The van der Waals surface area contributed by atoms with Gasteiger partial charge >= 0.3 is 11.9 Å². The second-order valence-corrected chi connectivity index (χ2v) is 7.36. The lowest BCUT2D eigenvalue weighted by Crippen LogP contribution is -2.36. The zero-order chi connectivity index (χ0) is 22.0. The summed E-state index contributed by atoms with van der Waals surface area (Å²) in [6, 6.07) is 9.42. The third kappa shape index (κ3) is 4.57. The lowest BCUT2D eigenvalue weighted by atomic mass is 10.2. The number of pyridine rings is 1. The number of fused-ring (bicyclic) bond motifs is 1. The van der Waals surface area contributed by atoms with Crippen LogP contribution in [0.4, 0.5) is 19.0 Å². The predicted octanol–water partition coefficient (Wildman–Crippen LogP) is 3.14. The Morgan fingerprint density at radius 2 is 1.87 bits per heavy atom. The Labute approximate surface area is 175 Å². The molecule has 31 heavy (non-hydrogen) atoms. The van der Waals surface area contributed by atoms with E-state index in [9.17, 15) is 22.8 Å². The maximum atomic E-state index is 12.7. The Balaban J connectivity index is 1.36. The van der Waals surface area contributed by atoms with E-state index in [0.717, 1.165) is 12.3 Å². The number of carbonyl (C=O) groups excluding carboxylic acids is 1. The average molecular weight is 434 g/mol. The van der Waals surface area contributed by atoms with Crippen LogP contribution in [0.2, 0.25) is 0 Å². The van der Waals surface area contributed by atoms with E-state index in [1.165, 1.54) is 10.6 Å². The Bertz CT molecular complexity index is 1120. The predicted molar refractivity (Wildman–Crippen MR) is 108 cm³/mol. The number of amides is 1. The summed E-state index contributed by atoms with van der Waals surface area (Å²) in [6.07, 6.45) is -2.77. The fourth-order valence-corrected chi connectivity index (χ4v) is 3.73. The molecule has 2 aromatic heterocycles. The summed E-state index contributed by atoms with van der Waals surface area (Å²) in [5.74, 6) is -0.123. The first-order valence-corrected chi connectivity index (χ1v) is 9.97. The van der Waals surface area contributed by atoms with Crippen LogP contribution < -0.4 is 10.7 Å². The number of aryl methyl sites for hydroxylation is 1. The highest BCUT2D eigenvalue weighted by Crippen LogP contribution is 2.29. The number of hydrogen-bond donors (Lipinski definition) is 0. The first kappa shape index (κ1) is 21.0. The molecule has 1 aliphatic rings. The van der Waals surface area contributed by atoms with Crippen molar-refractivity contribution in [3.05, 3.63) is 58.7 Å². The normalized spacial score (nSPS) is 15.3. The van der Waals surface area contributed by atoms with Gasteiger partial charge in [-0.2, -0.15) is 13.2 Å². The number of nitrogens with zero attached hydrogens (tertiary/aromatic N) is 4. The summed E-state index contributed by atoms with van der Waals surface area (Å²) in [4.78, 5) is 32.3. The third-order valence-corrected chi connectivity index (χ3v) is 5.37. The van der Waals surface area contributed by atoms with E-state index in [1.54, 1.807) is 29.2 Å². The van der Waals surface area contributed by atoms with Gasteiger partial charge in [-0.05, 0) is 30.7 Å². The van der Waals surface area contributed by atoms with Gasteiger partial charge in [0, 0.05) is 45.3 Å². The van der Waals surface area contributed by atoms with Gasteiger partial charge in [-0.25, -0.2) is 9.78 Å². The van der Waals surface area contributed by atoms with E-state index < -0.39 is 17.5 Å². The maximum Gasteiger partial charge on any atom is 0.419 e. The molecule has 0 spiro atoms. The lowest BCUT2D eigenvalue weighted by molar-refractivity contribution is -0.137. The number of para-hydroxylation sites is 2. The number of alkyl halides is 3. The highest BCUT2D eigenvalue weighted by molar-refractivity contribution is 5.77. The molecule has 0 unspecified atom stereocenters. The lowest BCUT2D eigenvalue weighted by Gasteiger charge is -2.23. The molecule has 1 amide bonds. The van der Waals surface area contributed by atoms with Crippen LogP contribution in [0, 0.1) is 0 Å². The minimum atomic E-state index is -4.42. The highest BCUT2D eigenvalue weighted by Gasteiger charge is 2.31. The third-order valence-electron chi connectivity index (χ3n) is 5.37. The summed E-state index contributed by atoms with van der Waals surface area (Å²) in [5, 5.41) is 0.